The number of amides is 1. The third kappa shape index (κ3) is 4.42. The molecule has 17 heavy (non-hydrogen) atoms. The van der Waals surface area contributed by atoms with Gasteiger partial charge in [0.15, 0.2) is 0 Å². The summed E-state index contributed by atoms with van der Waals surface area (Å²) in [7, 11) is 0. The highest BCUT2D eigenvalue weighted by Gasteiger charge is 2.30. The molecule has 1 rings (SSSR count). The highest BCUT2D eigenvalue weighted by molar-refractivity contribution is 5.94. The van der Waals surface area contributed by atoms with Crippen molar-refractivity contribution in [3.8, 4) is 11.8 Å². The van der Waals surface area contributed by atoms with Crippen LogP contribution in [0.15, 0.2) is 24.3 Å². The summed E-state index contributed by atoms with van der Waals surface area (Å²) in [5.74, 6) is -0.945. The molecule has 1 N–H and O–H groups in total. The number of nitriles is 1. The first-order chi connectivity index (χ1) is 7.92. The highest BCUT2D eigenvalue weighted by Crippen LogP contribution is 2.22. The molecular weight excluding hydrogens is 237 g/mol. The first-order valence-corrected chi connectivity index (χ1v) is 4.43. The SMILES string of the molecule is N#CCNC(=O)c1ccc(OC(F)(F)F)cc1. The van der Waals surface area contributed by atoms with Crippen LogP contribution in [-0.4, -0.2) is 18.8 Å². The fourth-order valence-corrected chi connectivity index (χ4v) is 1.03. The summed E-state index contributed by atoms with van der Waals surface area (Å²) in [5.41, 5.74) is 0.148. The molecule has 0 atom stereocenters. The lowest BCUT2D eigenvalue weighted by Crippen LogP contribution is -2.23. The number of ether oxygens (including phenoxy) is 1. The molecule has 0 aromatic heterocycles. The van der Waals surface area contributed by atoms with Crippen LogP contribution in [0.4, 0.5) is 13.2 Å². The van der Waals surface area contributed by atoms with Gasteiger partial charge >= 0.3 is 6.36 Å². The molecule has 0 unspecified atom stereocenters. The van der Waals surface area contributed by atoms with E-state index in [1.165, 1.54) is 12.1 Å². The van der Waals surface area contributed by atoms with Crippen LogP contribution in [0, 0.1) is 11.3 Å². The van der Waals surface area contributed by atoms with Crippen molar-refractivity contribution in [3.05, 3.63) is 29.8 Å². The molecule has 0 aliphatic carbocycles. The van der Waals surface area contributed by atoms with E-state index in [9.17, 15) is 18.0 Å². The van der Waals surface area contributed by atoms with Crippen molar-refractivity contribution in [2.24, 2.45) is 0 Å². The zero-order valence-corrected chi connectivity index (χ0v) is 8.41. The van der Waals surface area contributed by atoms with Crippen LogP contribution in [0.3, 0.4) is 0 Å². The second-order valence-corrected chi connectivity index (χ2v) is 2.91. The van der Waals surface area contributed by atoms with Gasteiger partial charge in [0, 0.05) is 5.56 Å². The zero-order chi connectivity index (χ0) is 12.9. The minimum Gasteiger partial charge on any atom is -0.406 e. The highest BCUT2D eigenvalue weighted by atomic mass is 19.4. The van der Waals surface area contributed by atoms with Gasteiger partial charge in [-0.3, -0.25) is 4.79 Å². The summed E-state index contributed by atoms with van der Waals surface area (Å²) in [6.07, 6.45) is -4.76. The molecule has 0 spiro atoms. The lowest BCUT2D eigenvalue weighted by atomic mass is 10.2. The Morgan fingerprint density at radius 1 is 1.35 bits per heavy atom. The maximum Gasteiger partial charge on any atom is 0.573 e. The van der Waals surface area contributed by atoms with E-state index in [1.54, 1.807) is 6.07 Å². The fourth-order valence-electron chi connectivity index (χ4n) is 1.03. The minimum atomic E-state index is -4.76. The predicted octanol–water partition coefficient (Wildman–Crippen LogP) is 1.84. The van der Waals surface area contributed by atoms with Crippen molar-refractivity contribution in [1.29, 1.82) is 5.26 Å². The van der Waals surface area contributed by atoms with E-state index in [2.05, 4.69) is 10.1 Å². The second-order valence-electron chi connectivity index (χ2n) is 2.91. The number of halogens is 3. The van der Waals surface area contributed by atoms with Gasteiger partial charge in [-0.25, -0.2) is 0 Å². The molecule has 0 saturated heterocycles. The Bertz CT molecular complexity index is 434. The number of hydrogen-bond acceptors (Lipinski definition) is 3. The summed E-state index contributed by atoms with van der Waals surface area (Å²) in [6.45, 7) is -0.167. The predicted molar refractivity (Wildman–Crippen MR) is 51.1 cm³/mol. The molecule has 7 heteroatoms. The van der Waals surface area contributed by atoms with Crippen LogP contribution in [0.5, 0.6) is 5.75 Å². The van der Waals surface area contributed by atoms with Gasteiger partial charge in [-0.05, 0) is 24.3 Å². The van der Waals surface area contributed by atoms with Crippen LogP contribution < -0.4 is 10.1 Å². The molecule has 0 aliphatic heterocycles. The lowest BCUT2D eigenvalue weighted by molar-refractivity contribution is -0.274. The summed E-state index contributed by atoms with van der Waals surface area (Å²) < 4.78 is 39.1. The first-order valence-electron chi connectivity index (χ1n) is 4.43. The van der Waals surface area contributed by atoms with Crippen LogP contribution >= 0.6 is 0 Å². The first kappa shape index (κ1) is 12.8. The quantitative estimate of drug-likeness (QED) is 0.825. The van der Waals surface area contributed by atoms with E-state index in [0.717, 1.165) is 12.1 Å². The average molecular weight is 244 g/mol. The zero-order valence-electron chi connectivity index (χ0n) is 8.41. The van der Waals surface area contributed by atoms with E-state index in [-0.39, 0.29) is 12.1 Å². The van der Waals surface area contributed by atoms with E-state index in [0.29, 0.717) is 0 Å². The molecule has 0 bridgehead atoms. The molecule has 0 aliphatic rings. The molecular formula is C10H7F3N2O2. The molecule has 0 radical (unpaired) electrons. The third-order valence-electron chi connectivity index (χ3n) is 1.68. The lowest BCUT2D eigenvalue weighted by Gasteiger charge is -2.08. The Labute approximate surface area is 94.6 Å². The molecule has 1 aromatic carbocycles. The normalized spacial score (nSPS) is 10.5. The number of benzene rings is 1. The molecule has 1 amide bonds. The van der Waals surface area contributed by atoms with Gasteiger partial charge in [-0.15, -0.1) is 13.2 Å². The van der Waals surface area contributed by atoms with Gasteiger partial charge in [0.2, 0.25) is 0 Å². The van der Waals surface area contributed by atoms with E-state index >= 15 is 0 Å². The Morgan fingerprint density at radius 2 is 1.94 bits per heavy atom. The third-order valence-corrected chi connectivity index (χ3v) is 1.68. The maximum absolute atomic E-state index is 11.8. The molecule has 0 saturated carbocycles. The van der Waals surface area contributed by atoms with Gasteiger partial charge in [0.1, 0.15) is 12.3 Å². The Balaban J connectivity index is 2.68. The Hall–Kier alpha value is -2.23. The van der Waals surface area contributed by atoms with Crippen molar-refractivity contribution < 1.29 is 22.7 Å². The van der Waals surface area contributed by atoms with Crippen molar-refractivity contribution in [1.82, 2.24) is 5.32 Å². The number of nitrogens with one attached hydrogen (secondary N) is 1. The van der Waals surface area contributed by atoms with Crippen molar-refractivity contribution in [2.75, 3.05) is 6.54 Å². The van der Waals surface area contributed by atoms with E-state index < -0.39 is 18.0 Å². The topological polar surface area (TPSA) is 62.1 Å². The van der Waals surface area contributed by atoms with Crippen molar-refractivity contribution >= 4 is 5.91 Å². The van der Waals surface area contributed by atoms with Crippen LogP contribution in [0.25, 0.3) is 0 Å². The second kappa shape index (κ2) is 5.21. The molecule has 4 nitrogen and oxygen atoms in total. The molecule has 90 valence electrons. The fraction of sp³-hybridized carbons (Fsp3) is 0.200. The van der Waals surface area contributed by atoms with Crippen LogP contribution in [0.2, 0.25) is 0 Å². The van der Waals surface area contributed by atoms with Gasteiger partial charge < -0.3 is 10.1 Å². The average Bonchev–Trinajstić information content (AvgIpc) is 2.24. The van der Waals surface area contributed by atoms with Crippen LogP contribution in [-0.2, 0) is 0 Å². The largest absolute Gasteiger partial charge is 0.573 e. The van der Waals surface area contributed by atoms with Gasteiger partial charge in [-0.2, -0.15) is 5.26 Å². The van der Waals surface area contributed by atoms with Gasteiger partial charge in [0.05, 0.1) is 6.07 Å². The number of rotatable bonds is 3. The van der Waals surface area contributed by atoms with Gasteiger partial charge in [-0.1, -0.05) is 0 Å². The number of alkyl halides is 3. The smallest absolute Gasteiger partial charge is 0.406 e. The summed E-state index contributed by atoms with van der Waals surface area (Å²) in [4.78, 5) is 11.3. The molecule has 0 heterocycles. The summed E-state index contributed by atoms with van der Waals surface area (Å²) in [6, 6.07) is 6.10. The maximum atomic E-state index is 11.8. The van der Waals surface area contributed by atoms with E-state index in [1.807, 2.05) is 0 Å². The van der Waals surface area contributed by atoms with Gasteiger partial charge in [0.25, 0.3) is 5.91 Å². The monoisotopic (exact) mass is 244 g/mol. The number of carbonyl (C=O) groups excluding carboxylic acids is 1. The minimum absolute atomic E-state index is 0.148. The van der Waals surface area contributed by atoms with E-state index in [4.69, 9.17) is 5.26 Å². The number of hydrogen-bond donors (Lipinski definition) is 1. The number of nitrogens with zero attached hydrogens (tertiary/aromatic N) is 1. The standard InChI is InChI=1S/C10H7F3N2O2/c11-10(12,13)17-8-3-1-7(2-4-8)9(16)15-6-5-14/h1-4H,6H2,(H,15,16). The Morgan fingerprint density at radius 3 is 2.41 bits per heavy atom. The van der Waals surface area contributed by atoms with Crippen LogP contribution in [0.1, 0.15) is 10.4 Å². The molecule has 0 fully saturated rings. The molecule has 1 aromatic rings. The van der Waals surface area contributed by atoms with Crippen molar-refractivity contribution in [3.63, 3.8) is 0 Å². The van der Waals surface area contributed by atoms with Crippen molar-refractivity contribution in [2.45, 2.75) is 6.36 Å². The Kier molecular flexibility index (Phi) is 3.93. The number of carbonyl (C=O) groups is 1. The summed E-state index contributed by atoms with van der Waals surface area (Å²) in [5, 5.41) is 10.5. The summed E-state index contributed by atoms with van der Waals surface area (Å²) >= 11 is 0.